The van der Waals surface area contributed by atoms with E-state index in [1.807, 2.05) is 13.1 Å². The van der Waals surface area contributed by atoms with Gasteiger partial charge >= 0.3 is 0 Å². The summed E-state index contributed by atoms with van der Waals surface area (Å²) in [4.78, 5) is 2.26. The maximum atomic E-state index is 14.2. The van der Waals surface area contributed by atoms with E-state index in [4.69, 9.17) is 0 Å². The van der Waals surface area contributed by atoms with Gasteiger partial charge in [0, 0.05) is 30.0 Å². The molecular formula is C18H21FN2. The molecule has 0 amide bonds. The molecule has 1 aliphatic heterocycles. The molecule has 0 bridgehead atoms. The van der Waals surface area contributed by atoms with Crippen molar-refractivity contribution in [2.75, 3.05) is 18.5 Å². The molecule has 2 aromatic rings. The molecule has 1 aliphatic rings. The van der Waals surface area contributed by atoms with Gasteiger partial charge in [-0.1, -0.05) is 31.2 Å². The quantitative estimate of drug-likeness (QED) is 0.920. The summed E-state index contributed by atoms with van der Waals surface area (Å²) in [5, 5.41) is 3.07. The fourth-order valence-corrected chi connectivity index (χ4v) is 3.18. The van der Waals surface area contributed by atoms with Crippen molar-refractivity contribution in [3.8, 4) is 0 Å². The van der Waals surface area contributed by atoms with E-state index in [0.717, 1.165) is 24.2 Å². The summed E-state index contributed by atoms with van der Waals surface area (Å²) in [6, 6.07) is 13.8. The molecule has 0 saturated heterocycles. The predicted molar refractivity (Wildman–Crippen MR) is 85.5 cm³/mol. The van der Waals surface area contributed by atoms with Crippen LogP contribution in [0.3, 0.4) is 0 Å². The second-order valence-corrected chi connectivity index (χ2v) is 5.82. The van der Waals surface area contributed by atoms with Gasteiger partial charge in [-0.3, -0.25) is 0 Å². The number of hydrogen-bond donors (Lipinski definition) is 1. The molecule has 0 radical (unpaired) electrons. The van der Waals surface area contributed by atoms with Gasteiger partial charge in [0.15, 0.2) is 0 Å². The molecule has 0 spiro atoms. The van der Waals surface area contributed by atoms with Crippen LogP contribution in [0.25, 0.3) is 0 Å². The van der Waals surface area contributed by atoms with Gasteiger partial charge < -0.3 is 10.2 Å². The van der Waals surface area contributed by atoms with Gasteiger partial charge in [-0.2, -0.15) is 0 Å². The highest BCUT2D eigenvalue weighted by Crippen LogP contribution is 2.37. The lowest BCUT2D eigenvalue weighted by Crippen LogP contribution is -2.31. The van der Waals surface area contributed by atoms with Crippen LogP contribution in [0.4, 0.5) is 15.8 Å². The van der Waals surface area contributed by atoms with Crippen LogP contribution in [0.1, 0.15) is 18.1 Å². The van der Waals surface area contributed by atoms with Crippen molar-refractivity contribution in [2.24, 2.45) is 5.92 Å². The second kappa shape index (κ2) is 5.86. The summed E-state index contributed by atoms with van der Waals surface area (Å²) in [7, 11) is 1.85. The third kappa shape index (κ3) is 2.66. The molecule has 0 aromatic heterocycles. The molecule has 21 heavy (non-hydrogen) atoms. The number of hydrogen-bond acceptors (Lipinski definition) is 2. The topological polar surface area (TPSA) is 15.3 Å². The zero-order chi connectivity index (χ0) is 14.8. The lowest BCUT2D eigenvalue weighted by Gasteiger charge is -2.36. The van der Waals surface area contributed by atoms with Crippen molar-refractivity contribution in [1.82, 2.24) is 5.32 Å². The molecule has 1 heterocycles. The lowest BCUT2D eigenvalue weighted by molar-refractivity contribution is 0.557. The van der Waals surface area contributed by atoms with Gasteiger partial charge in [-0.25, -0.2) is 4.39 Å². The maximum Gasteiger partial charge on any atom is 0.129 e. The molecule has 2 aromatic carbocycles. The molecule has 1 unspecified atom stereocenters. The first-order valence-corrected chi connectivity index (χ1v) is 7.48. The Kier molecular flexibility index (Phi) is 3.93. The van der Waals surface area contributed by atoms with Crippen molar-refractivity contribution >= 4 is 11.4 Å². The molecule has 0 saturated carbocycles. The van der Waals surface area contributed by atoms with Gasteiger partial charge in [0.25, 0.3) is 0 Å². The smallest absolute Gasteiger partial charge is 0.129 e. The molecule has 0 aliphatic carbocycles. The third-order valence-corrected chi connectivity index (χ3v) is 4.08. The van der Waals surface area contributed by atoms with E-state index in [1.165, 1.54) is 17.3 Å². The minimum Gasteiger partial charge on any atom is -0.341 e. The molecule has 3 heteroatoms. The highest BCUT2D eigenvalue weighted by atomic mass is 19.1. The Labute approximate surface area is 125 Å². The highest BCUT2D eigenvalue weighted by molar-refractivity contribution is 5.70. The van der Waals surface area contributed by atoms with Crippen LogP contribution >= 0.6 is 0 Å². The summed E-state index contributed by atoms with van der Waals surface area (Å²) in [5.41, 5.74) is 4.27. The molecule has 110 valence electrons. The number of anilines is 2. The number of fused-ring (bicyclic) bond motifs is 1. The van der Waals surface area contributed by atoms with Crippen LogP contribution in [0.2, 0.25) is 0 Å². The largest absolute Gasteiger partial charge is 0.341 e. The number of halogens is 1. The Morgan fingerprint density at radius 3 is 2.71 bits per heavy atom. The maximum absolute atomic E-state index is 14.2. The highest BCUT2D eigenvalue weighted by Gasteiger charge is 2.24. The second-order valence-electron chi connectivity index (χ2n) is 5.82. The zero-order valence-corrected chi connectivity index (χ0v) is 12.6. The Morgan fingerprint density at radius 1 is 1.14 bits per heavy atom. The minimum absolute atomic E-state index is 0.141. The zero-order valence-electron chi connectivity index (χ0n) is 12.6. The van der Waals surface area contributed by atoms with E-state index in [1.54, 1.807) is 6.07 Å². The van der Waals surface area contributed by atoms with Crippen molar-refractivity contribution in [1.29, 1.82) is 0 Å². The molecule has 0 fully saturated rings. The van der Waals surface area contributed by atoms with Crippen molar-refractivity contribution < 1.29 is 4.39 Å². The van der Waals surface area contributed by atoms with E-state index in [2.05, 4.69) is 41.4 Å². The van der Waals surface area contributed by atoms with Crippen molar-refractivity contribution in [3.05, 3.63) is 59.4 Å². The molecule has 2 nitrogen and oxygen atoms in total. The minimum atomic E-state index is -0.141. The summed E-state index contributed by atoms with van der Waals surface area (Å²) in [6.07, 6.45) is 1.09. The Balaban J connectivity index is 2.11. The number of nitrogens with zero attached hydrogens (tertiary/aromatic N) is 1. The summed E-state index contributed by atoms with van der Waals surface area (Å²) < 4.78 is 14.2. The summed E-state index contributed by atoms with van der Waals surface area (Å²) in [5.74, 6) is 0.420. The van der Waals surface area contributed by atoms with E-state index >= 15 is 0 Å². The predicted octanol–water partition coefficient (Wildman–Crippen LogP) is 3.88. The van der Waals surface area contributed by atoms with Crippen LogP contribution in [0.15, 0.2) is 42.5 Å². The number of nitrogens with one attached hydrogen (secondary N) is 1. The number of benzene rings is 2. The normalized spacial score (nSPS) is 17.7. The molecule has 1 atom stereocenters. The standard InChI is InChI=1S/C18H21FN2/c1-13-10-14-6-3-4-8-17(14)21(12-13)18-9-5-7-16(19)15(18)11-20-2/h3-9,13,20H,10-12H2,1-2H3. The van der Waals surface area contributed by atoms with Crippen molar-refractivity contribution in [3.63, 3.8) is 0 Å². The molecular weight excluding hydrogens is 263 g/mol. The Morgan fingerprint density at radius 2 is 1.90 bits per heavy atom. The first kappa shape index (κ1) is 14.1. The van der Waals surface area contributed by atoms with E-state index in [-0.39, 0.29) is 5.82 Å². The SMILES string of the molecule is CNCc1c(F)cccc1N1CC(C)Cc2ccccc21. The average molecular weight is 284 g/mol. The van der Waals surface area contributed by atoms with Crippen LogP contribution in [-0.4, -0.2) is 13.6 Å². The van der Waals surface area contributed by atoms with Crippen LogP contribution < -0.4 is 10.2 Å². The van der Waals surface area contributed by atoms with Gasteiger partial charge in [-0.05, 0) is 43.1 Å². The number of para-hydroxylation sites is 1. The molecule has 3 rings (SSSR count). The number of rotatable bonds is 3. The van der Waals surface area contributed by atoms with Crippen LogP contribution in [0.5, 0.6) is 0 Å². The van der Waals surface area contributed by atoms with Gasteiger partial charge in [0.05, 0.1) is 0 Å². The lowest BCUT2D eigenvalue weighted by atomic mass is 9.93. The summed E-state index contributed by atoms with van der Waals surface area (Å²) >= 11 is 0. The first-order chi connectivity index (χ1) is 10.2. The fourth-order valence-electron chi connectivity index (χ4n) is 3.18. The Hall–Kier alpha value is -1.87. The van der Waals surface area contributed by atoms with Gasteiger partial charge in [-0.15, -0.1) is 0 Å². The van der Waals surface area contributed by atoms with E-state index in [0.29, 0.717) is 12.5 Å². The van der Waals surface area contributed by atoms with Gasteiger partial charge in [0.1, 0.15) is 5.82 Å². The Bertz CT molecular complexity index is 639. The third-order valence-electron chi connectivity index (χ3n) is 4.08. The van der Waals surface area contributed by atoms with Crippen LogP contribution in [0, 0.1) is 11.7 Å². The summed E-state index contributed by atoms with van der Waals surface area (Å²) in [6.45, 7) is 3.71. The van der Waals surface area contributed by atoms with E-state index in [9.17, 15) is 4.39 Å². The fraction of sp³-hybridized carbons (Fsp3) is 0.333. The van der Waals surface area contributed by atoms with E-state index < -0.39 is 0 Å². The average Bonchev–Trinajstić information content (AvgIpc) is 2.48. The first-order valence-electron chi connectivity index (χ1n) is 7.48. The monoisotopic (exact) mass is 284 g/mol. The van der Waals surface area contributed by atoms with Crippen molar-refractivity contribution in [2.45, 2.75) is 19.9 Å². The van der Waals surface area contributed by atoms with Crippen LogP contribution in [-0.2, 0) is 13.0 Å². The van der Waals surface area contributed by atoms with Gasteiger partial charge in [0.2, 0.25) is 0 Å². The molecule has 1 N–H and O–H groups in total.